The zero-order chi connectivity index (χ0) is 15.5. The number of rotatable bonds is 5. The van der Waals surface area contributed by atoms with Crippen LogP contribution in [-0.4, -0.2) is 25.3 Å². The highest BCUT2D eigenvalue weighted by Crippen LogP contribution is 2.27. The van der Waals surface area contributed by atoms with Gasteiger partial charge < -0.3 is 5.73 Å². The highest BCUT2D eigenvalue weighted by atomic mass is 32.2. The molecular formula is C13H19FN4O2S. The van der Waals surface area contributed by atoms with Gasteiger partial charge in [0.1, 0.15) is 16.5 Å². The van der Waals surface area contributed by atoms with Crippen molar-refractivity contribution in [3.05, 3.63) is 24.3 Å². The average molecular weight is 314 g/mol. The molecule has 116 valence electrons. The predicted molar refractivity (Wildman–Crippen MR) is 76.8 cm³/mol. The topological polar surface area (TPSA) is 109 Å². The lowest BCUT2D eigenvalue weighted by molar-refractivity contribution is 0.328. The normalized spacial score (nSPS) is 18.3. The molecule has 0 bridgehead atoms. The average Bonchev–Trinajstić information content (AvgIpc) is 2.45. The summed E-state index contributed by atoms with van der Waals surface area (Å²) in [5, 5.41) is 7.63. The predicted octanol–water partition coefficient (Wildman–Crippen LogP) is 1.38. The number of nitrogens with one attached hydrogen (secondary N) is 2. The summed E-state index contributed by atoms with van der Waals surface area (Å²) in [6, 6.07) is 0.145. The molecule has 4 N–H and O–H groups in total. The van der Waals surface area contributed by atoms with Gasteiger partial charge in [0, 0.05) is 6.20 Å². The SMILES string of the molecule is N=C(N)C(NS(=O)(=O)c1cncc(F)c1)C1CCCCC1. The van der Waals surface area contributed by atoms with Crippen LogP contribution in [0, 0.1) is 17.1 Å². The third-order valence-electron chi connectivity index (χ3n) is 3.73. The van der Waals surface area contributed by atoms with E-state index < -0.39 is 21.9 Å². The minimum absolute atomic E-state index is 0.00698. The Kier molecular flexibility index (Phi) is 4.89. The Labute approximate surface area is 123 Å². The molecule has 1 heterocycles. The van der Waals surface area contributed by atoms with Crippen LogP contribution < -0.4 is 10.5 Å². The van der Waals surface area contributed by atoms with Crippen molar-refractivity contribution in [1.82, 2.24) is 9.71 Å². The molecule has 1 saturated carbocycles. The van der Waals surface area contributed by atoms with Crippen LogP contribution in [0.3, 0.4) is 0 Å². The lowest BCUT2D eigenvalue weighted by Gasteiger charge is -2.29. The van der Waals surface area contributed by atoms with Crippen LogP contribution in [0.1, 0.15) is 32.1 Å². The summed E-state index contributed by atoms with van der Waals surface area (Å²) in [6.45, 7) is 0. The lowest BCUT2D eigenvalue weighted by Crippen LogP contribution is -2.49. The first-order valence-corrected chi connectivity index (χ1v) is 8.35. The van der Waals surface area contributed by atoms with Crippen LogP contribution in [0.15, 0.2) is 23.4 Å². The Balaban J connectivity index is 2.21. The molecule has 1 aromatic heterocycles. The first-order valence-electron chi connectivity index (χ1n) is 6.87. The number of hydrogen-bond acceptors (Lipinski definition) is 4. The molecule has 6 nitrogen and oxygen atoms in total. The van der Waals surface area contributed by atoms with Gasteiger partial charge in [-0.25, -0.2) is 17.5 Å². The van der Waals surface area contributed by atoms with Crippen molar-refractivity contribution in [2.75, 3.05) is 0 Å². The Morgan fingerprint density at radius 2 is 2.05 bits per heavy atom. The third kappa shape index (κ3) is 3.98. The van der Waals surface area contributed by atoms with Gasteiger partial charge in [0.25, 0.3) is 0 Å². The molecule has 0 radical (unpaired) electrons. The summed E-state index contributed by atoms with van der Waals surface area (Å²) in [6.07, 6.45) is 6.77. The van der Waals surface area contributed by atoms with E-state index in [1.165, 1.54) is 0 Å². The molecule has 21 heavy (non-hydrogen) atoms. The zero-order valence-electron chi connectivity index (χ0n) is 11.5. The monoisotopic (exact) mass is 314 g/mol. The molecule has 1 aliphatic carbocycles. The van der Waals surface area contributed by atoms with Crippen molar-refractivity contribution in [2.45, 2.75) is 43.0 Å². The van der Waals surface area contributed by atoms with E-state index in [2.05, 4.69) is 9.71 Å². The minimum atomic E-state index is -3.95. The molecule has 1 aliphatic rings. The van der Waals surface area contributed by atoms with Crippen molar-refractivity contribution in [2.24, 2.45) is 11.7 Å². The molecule has 0 amide bonds. The molecule has 0 saturated heterocycles. The summed E-state index contributed by atoms with van der Waals surface area (Å²) >= 11 is 0. The Morgan fingerprint density at radius 1 is 1.38 bits per heavy atom. The highest BCUT2D eigenvalue weighted by molar-refractivity contribution is 7.89. The van der Waals surface area contributed by atoms with E-state index in [0.29, 0.717) is 0 Å². The van der Waals surface area contributed by atoms with E-state index in [-0.39, 0.29) is 16.6 Å². The summed E-state index contributed by atoms with van der Waals surface area (Å²) in [4.78, 5) is 3.28. The van der Waals surface area contributed by atoms with Gasteiger partial charge in [0.15, 0.2) is 0 Å². The fraction of sp³-hybridized carbons (Fsp3) is 0.538. The highest BCUT2D eigenvalue weighted by Gasteiger charge is 2.30. The molecule has 1 atom stereocenters. The van der Waals surface area contributed by atoms with Crippen molar-refractivity contribution in [3.63, 3.8) is 0 Å². The Bertz CT molecular complexity index is 614. The molecule has 0 aromatic carbocycles. The minimum Gasteiger partial charge on any atom is -0.386 e. The van der Waals surface area contributed by atoms with Crippen molar-refractivity contribution in [1.29, 1.82) is 5.41 Å². The van der Waals surface area contributed by atoms with E-state index in [4.69, 9.17) is 11.1 Å². The smallest absolute Gasteiger partial charge is 0.242 e. The summed E-state index contributed by atoms with van der Waals surface area (Å²) in [5.74, 6) is -0.933. The van der Waals surface area contributed by atoms with Gasteiger partial charge in [-0.05, 0) is 24.8 Å². The number of amidine groups is 1. The van der Waals surface area contributed by atoms with Crippen molar-refractivity contribution in [3.8, 4) is 0 Å². The first-order chi connectivity index (χ1) is 9.90. The number of halogens is 1. The van der Waals surface area contributed by atoms with Crippen LogP contribution in [-0.2, 0) is 10.0 Å². The zero-order valence-corrected chi connectivity index (χ0v) is 12.4. The van der Waals surface area contributed by atoms with Crippen molar-refractivity contribution < 1.29 is 12.8 Å². The fourth-order valence-corrected chi connectivity index (χ4v) is 3.91. The van der Waals surface area contributed by atoms with Gasteiger partial charge in [-0.3, -0.25) is 10.4 Å². The van der Waals surface area contributed by atoms with E-state index >= 15 is 0 Å². The second-order valence-electron chi connectivity index (χ2n) is 5.29. The first kappa shape index (κ1) is 15.8. The van der Waals surface area contributed by atoms with E-state index in [1.54, 1.807) is 0 Å². The summed E-state index contributed by atoms with van der Waals surface area (Å²) < 4.78 is 40.1. The van der Waals surface area contributed by atoms with Crippen LogP contribution in [0.2, 0.25) is 0 Å². The van der Waals surface area contributed by atoms with Gasteiger partial charge in [0.05, 0.1) is 12.2 Å². The second-order valence-corrected chi connectivity index (χ2v) is 7.01. The van der Waals surface area contributed by atoms with Crippen LogP contribution >= 0.6 is 0 Å². The number of sulfonamides is 1. The molecule has 1 aromatic rings. The van der Waals surface area contributed by atoms with Gasteiger partial charge in [-0.1, -0.05) is 19.3 Å². The van der Waals surface area contributed by atoms with E-state index in [9.17, 15) is 12.8 Å². The molecule has 0 spiro atoms. The number of nitrogens with zero attached hydrogens (tertiary/aromatic N) is 1. The van der Waals surface area contributed by atoms with Gasteiger partial charge in [-0.2, -0.15) is 0 Å². The van der Waals surface area contributed by atoms with Crippen molar-refractivity contribution >= 4 is 15.9 Å². The molecular weight excluding hydrogens is 295 g/mol. The maximum atomic E-state index is 13.1. The molecule has 0 aliphatic heterocycles. The largest absolute Gasteiger partial charge is 0.386 e. The third-order valence-corrected chi connectivity index (χ3v) is 5.14. The number of pyridine rings is 1. The van der Waals surface area contributed by atoms with Gasteiger partial charge >= 0.3 is 0 Å². The number of aromatic nitrogens is 1. The van der Waals surface area contributed by atoms with Crippen LogP contribution in [0.4, 0.5) is 4.39 Å². The van der Waals surface area contributed by atoms with Crippen LogP contribution in [0.25, 0.3) is 0 Å². The summed E-state index contributed by atoms with van der Waals surface area (Å²) in [5.41, 5.74) is 5.55. The molecule has 2 rings (SSSR count). The molecule has 8 heteroatoms. The van der Waals surface area contributed by atoms with Crippen LogP contribution in [0.5, 0.6) is 0 Å². The maximum Gasteiger partial charge on any atom is 0.242 e. The Hall–Kier alpha value is -1.54. The lowest BCUT2D eigenvalue weighted by atomic mass is 9.84. The quantitative estimate of drug-likeness (QED) is 0.563. The van der Waals surface area contributed by atoms with E-state index in [0.717, 1.165) is 50.6 Å². The fourth-order valence-electron chi connectivity index (χ4n) is 2.66. The number of nitrogens with two attached hydrogens (primary N) is 1. The summed E-state index contributed by atoms with van der Waals surface area (Å²) in [7, 11) is -3.95. The number of hydrogen-bond donors (Lipinski definition) is 3. The van der Waals surface area contributed by atoms with Gasteiger partial charge in [0.2, 0.25) is 10.0 Å². The van der Waals surface area contributed by atoms with Gasteiger partial charge in [-0.15, -0.1) is 0 Å². The maximum absolute atomic E-state index is 13.1. The molecule has 1 fully saturated rings. The standard InChI is InChI=1S/C13H19FN4O2S/c14-10-6-11(8-17-7-10)21(19,20)18-12(13(15)16)9-4-2-1-3-5-9/h6-9,12,18H,1-5H2,(H3,15,16). The Morgan fingerprint density at radius 3 is 2.62 bits per heavy atom. The van der Waals surface area contributed by atoms with E-state index in [1.807, 2.05) is 0 Å². The molecule has 1 unspecified atom stereocenters. The second kappa shape index (κ2) is 6.48.